The summed E-state index contributed by atoms with van der Waals surface area (Å²) < 4.78 is 1.84. The van der Waals surface area contributed by atoms with Crippen LogP contribution in [0.4, 0.5) is 0 Å². The van der Waals surface area contributed by atoms with E-state index in [9.17, 15) is 4.79 Å². The number of aromatic nitrogens is 3. The number of fused-ring (bicyclic) bond motifs is 1. The molecule has 3 heterocycles. The fourth-order valence-electron chi connectivity index (χ4n) is 3.51. The molecular weight excluding hydrogens is 312 g/mol. The maximum Gasteiger partial charge on any atom is 0.253 e. The van der Waals surface area contributed by atoms with Gasteiger partial charge in [-0.3, -0.25) is 14.5 Å². The van der Waals surface area contributed by atoms with E-state index in [1.54, 1.807) is 6.20 Å². The Hall–Kier alpha value is -2.95. The Morgan fingerprint density at radius 1 is 1.20 bits per heavy atom. The van der Waals surface area contributed by atoms with Crippen molar-refractivity contribution in [1.29, 1.82) is 0 Å². The lowest BCUT2D eigenvalue weighted by atomic mass is 9.93. The van der Waals surface area contributed by atoms with Crippen molar-refractivity contribution in [3.05, 3.63) is 70.5 Å². The van der Waals surface area contributed by atoms with Gasteiger partial charge in [-0.1, -0.05) is 37.3 Å². The summed E-state index contributed by atoms with van der Waals surface area (Å²) in [7, 11) is 1.92. The lowest BCUT2D eigenvalue weighted by Crippen LogP contribution is -2.14. The van der Waals surface area contributed by atoms with Gasteiger partial charge in [0.15, 0.2) is 0 Å². The lowest BCUT2D eigenvalue weighted by Gasteiger charge is -2.16. The fourth-order valence-corrected chi connectivity index (χ4v) is 3.51. The molecule has 1 aliphatic rings. The quantitative estimate of drug-likeness (QED) is 0.799. The van der Waals surface area contributed by atoms with Crippen LogP contribution < -0.4 is 5.32 Å². The summed E-state index contributed by atoms with van der Waals surface area (Å²) in [5, 5.41) is 7.27. The van der Waals surface area contributed by atoms with Crippen LogP contribution in [0, 0.1) is 0 Å². The van der Waals surface area contributed by atoms with Gasteiger partial charge in [0.2, 0.25) is 0 Å². The zero-order valence-corrected chi connectivity index (χ0v) is 14.4. The number of carbonyl (C=O) groups is 1. The highest BCUT2D eigenvalue weighted by atomic mass is 16.1. The number of aryl methyl sites for hydroxylation is 2. The molecule has 0 spiro atoms. The SMILES string of the molecule is CCc1nc(-c2ccnn2C)c(Cc2ccccc2)c2c1C(=O)NC2. The van der Waals surface area contributed by atoms with Crippen molar-refractivity contribution in [1.82, 2.24) is 20.1 Å². The molecule has 0 radical (unpaired) electrons. The average Bonchev–Trinajstić information content (AvgIpc) is 3.23. The molecule has 25 heavy (non-hydrogen) atoms. The molecule has 0 saturated heterocycles. The van der Waals surface area contributed by atoms with Crippen molar-refractivity contribution in [3.63, 3.8) is 0 Å². The Morgan fingerprint density at radius 3 is 2.68 bits per heavy atom. The summed E-state index contributed by atoms with van der Waals surface area (Å²) in [5.41, 5.74) is 6.92. The van der Waals surface area contributed by atoms with Gasteiger partial charge < -0.3 is 5.32 Å². The van der Waals surface area contributed by atoms with Crippen molar-refractivity contribution in [2.24, 2.45) is 7.05 Å². The van der Waals surface area contributed by atoms with Crippen LogP contribution in [0.3, 0.4) is 0 Å². The number of rotatable bonds is 4. The number of hydrogen-bond acceptors (Lipinski definition) is 3. The molecule has 0 saturated carbocycles. The van der Waals surface area contributed by atoms with Crippen LogP contribution in [-0.4, -0.2) is 20.7 Å². The first-order valence-corrected chi connectivity index (χ1v) is 8.54. The monoisotopic (exact) mass is 332 g/mol. The first kappa shape index (κ1) is 15.6. The number of amides is 1. The minimum Gasteiger partial charge on any atom is -0.348 e. The van der Waals surface area contributed by atoms with Crippen molar-refractivity contribution in [2.75, 3.05) is 0 Å². The van der Waals surface area contributed by atoms with Gasteiger partial charge in [-0.2, -0.15) is 5.10 Å². The Labute approximate surface area is 146 Å². The second kappa shape index (κ2) is 6.16. The van der Waals surface area contributed by atoms with E-state index in [4.69, 9.17) is 4.98 Å². The van der Waals surface area contributed by atoms with E-state index in [2.05, 4.69) is 22.5 Å². The molecule has 1 N–H and O–H groups in total. The van der Waals surface area contributed by atoms with Crippen LogP contribution in [0.15, 0.2) is 42.6 Å². The molecule has 0 atom stereocenters. The van der Waals surface area contributed by atoms with Crippen LogP contribution in [0.1, 0.15) is 39.7 Å². The summed E-state index contributed by atoms with van der Waals surface area (Å²) in [5.74, 6) is -0.00906. The molecule has 5 nitrogen and oxygen atoms in total. The Balaban J connectivity index is 1.96. The highest BCUT2D eigenvalue weighted by molar-refractivity contribution is 6.00. The topological polar surface area (TPSA) is 59.8 Å². The molecule has 0 unspecified atom stereocenters. The fraction of sp³-hybridized carbons (Fsp3) is 0.250. The van der Waals surface area contributed by atoms with Gasteiger partial charge in [0.25, 0.3) is 5.91 Å². The summed E-state index contributed by atoms with van der Waals surface area (Å²) in [6, 6.07) is 12.3. The number of benzene rings is 1. The third kappa shape index (κ3) is 2.61. The highest BCUT2D eigenvalue weighted by Gasteiger charge is 2.29. The molecule has 5 heteroatoms. The molecule has 4 rings (SSSR count). The lowest BCUT2D eigenvalue weighted by molar-refractivity contribution is 0.0964. The molecule has 126 valence electrons. The number of hydrogen-bond donors (Lipinski definition) is 1. The molecule has 2 aromatic heterocycles. The Kier molecular flexibility index (Phi) is 3.84. The van der Waals surface area contributed by atoms with E-state index in [0.717, 1.165) is 46.6 Å². The van der Waals surface area contributed by atoms with E-state index in [-0.39, 0.29) is 5.91 Å². The minimum absolute atomic E-state index is 0.00906. The molecule has 0 bridgehead atoms. The average molecular weight is 332 g/mol. The molecule has 0 aliphatic carbocycles. The largest absolute Gasteiger partial charge is 0.348 e. The molecule has 1 aliphatic heterocycles. The van der Waals surface area contributed by atoms with Crippen molar-refractivity contribution in [3.8, 4) is 11.4 Å². The second-order valence-electron chi connectivity index (χ2n) is 6.28. The number of nitrogens with zero attached hydrogens (tertiary/aromatic N) is 3. The second-order valence-corrected chi connectivity index (χ2v) is 6.28. The summed E-state index contributed by atoms with van der Waals surface area (Å²) in [4.78, 5) is 17.2. The smallest absolute Gasteiger partial charge is 0.253 e. The Morgan fingerprint density at radius 2 is 2.00 bits per heavy atom. The zero-order chi connectivity index (χ0) is 17.4. The van der Waals surface area contributed by atoms with E-state index < -0.39 is 0 Å². The first-order valence-electron chi connectivity index (χ1n) is 8.54. The van der Waals surface area contributed by atoms with Gasteiger partial charge in [0.1, 0.15) is 0 Å². The normalized spacial score (nSPS) is 13.0. The van der Waals surface area contributed by atoms with Crippen LogP contribution in [0.5, 0.6) is 0 Å². The van der Waals surface area contributed by atoms with Crippen molar-refractivity contribution < 1.29 is 4.79 Å². The maximum absolute atomic E-state index is 12.3. The number of nitrogens with one attached hydrogen (secondary N) is 1. The van der Waals surface area contributed by atoms with Crippen LogP contribution >= 0.6 is 0 Å². The predicted molar refractivity (Wildman–Crippen MR) is 96.2 cm³/mol. The van der Waals surface area contributed by atoms with Crippen LogP contribution in [-0.2, 0) is 26.4 Å². The number of carbonyl (C=O) groups excluding carboxylic acids is 1. The molecule has 1 amide bonds. The van der Waals surface area contributed by atoms with E-state index in [0.29, 0.717) is 6.54 Å². The maximum atomic E-state index is 12.3. The first-order chi connectivity index (χ1) is 12.2. The third-order valence-corrected chi connectivity index (χ3v) is 4.76. The number of pyridine rings is 1. The van der Waals surface area contributed by atoms with Gasteiger partial charge in [0.05, 0.1) is 22.6 Å². The van der Waals surface area contributed by atoms with Gasteiger partial charge in [-0.05, 0) is 29.2 Å². The predicted octanol–water partition coefficient (Wildman–Crippen LogP) is 2.88. The Bertz CT molecular complexity index is 944. The van der Waals surface area contributed by atoms with Gasteiger partial charge in [0, 0.05) is 26.2 Å². The van der Waals surface area contributed by atoms with Crippen molar-refractivity contribution in [2.45, 2.75) is 26.3 Å². The van der Waals surface area contributed by atoms with E-state index in [1.807, 2.05) is 42.9 Å². The molecule has 3 aromatic rings. The van der Waals surface area contributed by atoms with Gasteiger partial charge in [-0.15, -0.1) is 0 Å². The standard InChI is InChI=1S/C20H20N4O/c1-3-16-18-15(12-21-20(18)25)14(11-13-7-5-4-6-8-13)19(23-16)17-9-10-22-24(17)2/h4-10H,3,11-12H2,1-2H3,(H,21,25). The summed E-state index contributed by atoms with van der Waals surface area (Å²) >= 11 is 0. The van der Waals surface area contributed by atoms with Gasteiger partial charge in [-0.25, -0.2) is 0 Å². The highest BCUT2D eigenvalue weighted by Crippen LogP contribution is 2.32. The summed E-state index contributed by atoms with van der Waals surface area (Å²) in [6.45, 7) is 2.61. The third-order valence-electron chi connectivity index (χ3n) is 4.76. The van der Waals surface area contributed by atoms with Gasteiger partial charge >= 0.3 is 0 Å². The van der Waals surface area contributed by atoms with E-state index in [1.165, 1.54) is 5.56 Å². The molecular formula is C20H20N4O. The van der Waals surface area contributed by atoms with Crippen LogP contribution in [0.2, 0.25) is 0 Å². The molecule has 1 aromatic carbocycles. The van der Waals surface area contributed by atoms with Crippen molar-refractivity contribution >= 4 is 5.91 Å². The minimum atomic E-state index is -0.00906. The van der Waals surface area contributed by atoms with E-state index >= 15 is 0 Å². The summed E-state index contributed by atoms with van der Waals surface area (Å²) in [6.07, 6.45) is 3.26. The zero-order valence-electron chi connectivity index (χ0n) is 14.4. The molecule has 0 fully saturated rings. The van der Waals surface area contributed by atoms with Crippen LogP contribution in [0.25, 0.3) is 11.4 Å².